The SMILES string of the molecule is CC1CCOC1C(O)c1ccc2c(c1)NC(=O)CC(=O)N2. The molecule has 1 aromatic rings. The number of fused-ring (bicyclic) bond motifs is 1. The number of hydrogen-bond donors (Lipinski definition) is 3. The lowest BCUT2D eigenvalue weighted by atomic mass is 9.94. The van der Waals surface area contributed by atoms with Gasteiger partial charge >= 0.3 is 0 Å². The molecule has 3 atom stereocenters. The molecule has 2 aliphatic rings. The number of hydrogen-bond acceptors (Lipinski definition) is 4. The van der Waals surface area contributed by atoms with E-state index in [-0.39, 0.29) is 30.3 Å². The Morgan fingerprint density at radius 1 is 1.24 bits per heavy atom. The average molecular weight is 290 g/mol. The molecule has 0 bridgehead atoms. The molecule has 0 aliphatic carbocycles. The second kappa shape index (κ2) is 5.46. The van der Waals surface area contributed by atoms with Crippen molar-refractivity contribution in [2.45, 2.75) is 32.0 Å². The zero-order valence-corrected chi connectivity index (χ0v) is 11.8. The molecule has 6 nitrogen and oxygen atoms in total. The molecule has 1 fully saturated rings. The maximum atomic E-state index is 11.6. The maximum absolute atomic E-state index is 11.6. The predicted molar refractivity (Wildman–Crippen MR) is 76.8 cm³/mol. The Morgan fingerprint density at radius 2 is 1.95 bits per heavy atom. The number of carbonyl (C=O) groups excluding carboxylic acids is 2. The largest absolute Gasteiger partial charge is 0.386 e. The molecule has 2 heterocycles. The van der Waals surface area contributed by atoms with E-state index >= 15 is 0 Å². The van der Waals surface area contributed by atoms with Crippen molar-refractivity contribution in [2.75, 3.05) is 17.2 Å². The fourth-order valence-corrected chi connectivity index (χ4v) is 2.80. The molecule has 0 spiro atoms. The summed E-state index contributed by atoms with van der Waals surface area (Å²) in [6, 6.07) is 5.13. The average Bonchev–Trinajstić information content (AvgIpc) is 2.79. The first-order chi connectivity index (χ1) is 10.0. The third-order valence-electron chi connectivity index (χ3n) is 4.01. The van der Waals surface area contributed by atoms with Crippen LogP contribution in [0.1, 0.15) is 31.4 Å². The molecule has 1 aromatic carbocycles. The van der Waals surface area contributed by atoms with Crippen LogP contribution in [0.5, 0.6) is 0 Å². The van der Waals surface area contributed by atoms with Gasteiger partial charge in [-0.2, -0.15) is 0 Å². The first-order valence-electron chi connectivity index (χ1n) is 7.08. The molecule has 3 rings (SSSR count). The van der Waals surface area contributed by atoms with Gasteiger partial charge in [-0.05, 0) is 30.0 Å². The van der Waals surface area contributed by atoms with Crippen molar-refractivity contribution in [3.8, 4) is 0 Å². The summed E-state index contributed by atoms with van der Waals surface area (Å²) < 4.78 is 5.58. The van der Waals surface area contributed by atoms with Crippen LogP contribution < -0.4 is 10.6 Å². The van der Waals surface area contributed by atoms with E-state index in [1.807, 2.05) is 6.92 Å². The van der Waals surface area contributed by atoms with Crippen LogP contribution >= 0.6 is 0 Å². The van der Waals surface area contributed by atoms with E-state index in [0.717, 1.165) is 6.42 Å². The standard InChI is InChI=1S/C15H18N2O4/c1-8-4-5-21-15(8)14(20)9-2-3-10-11(6-9)17-13(19)7-12(18)16-10/h2-3,6,8,14-15,20H,4-5,7H2,1H3,(H,16,18)(H,17,19). The molecule has 112 valence electrons. The zero-order valence-electron chi connectivity index (χ0n) is 11.8. The summed E-state index contributed by atoms with van der Waals surface area (Å²) in [6.07, 6.45) is -0.253. The smallest absolute Gasteiger partial charge is 0.233 e. The summed E-state index contributed by atoms with van der Waals surface area (Å²) in [5, 5.41) is 15.8. The van der Waals surface area contributed by atoms with Crippen molar-refractivity contribution in [1.82, 2.24) is 0 Å². The molecule has 3 N–H and O–H groups in total. The van der Waals surface area contributed by atoms with Crippen LogP contribution in [0.4, 0.5) is 11.4 Å². The Balaban J connectivity index is 1.88. The van der Waals surface area contributed by atoms with Gasteiger partial charge in [-0.3, -0.25) is 9.59 Å². The number of ether oxygens (including phenoxy) is 1. The van der Waals surface area contributed by atoms with Crippen LogP contribution in [0, 0.1) is 5.92 Å². The zero-order chi connectivity index (χ0) is 15.0. The van der Waals surface area contributed by atoms with Gasteiger partial charge in [-0.15, -0.1) is 0 Å². The first kappa shape index (κ1) is 14.0. The first-order valence-corrected chi connectivity index (χ1v) is 7.08. The Morgan fingerprint density at radius 3 is 2.62 bits per heavy atom. The van der Waals surface area contributed by atoms with Gasteiger partial charge in [0, 0.05) is 6.61 Å². The van der Waals surface area contributed by atoms with E-state index in [0.29, 0.717) is 23.5 Å². The molecular weight excluding hydrogens is 272 g/mol. The van der Waals surface area contributed by atoms with Crippen molar-refractivity contribution in [3.05, 3.63) is 23.8 Å². The minimum absolute atomic E-state index is 0.199. The van der Waals surface area contributed by atoms with E-state index in [2.05, 4.69) is 10.6 Å². The van der Waals surface area contributed by atoms with Crippen LogP contribution in [0.25, 0.3) is 0 Å². The fourth-order valence-electron chi connectivity index (χ4n) is 2.80. The normalized spacial score (nSPS) is 26.6. The molecule has 0 radical (unpaired) electrons. The summed E-state index contributed by atoms with van der Waals surface area (Å²) in [5.41, 5.74) is 1.72. The Kier molecular flexibility index (Phi) is 3.65. The summed E-state index contributed by atoms with van der Waals surface area (Å²) in [5.74, 6) is -0.413. The number of aliphatic hydroxyl groups is 1. The Labute approximate surface area is 122 Å². The van der Waals surface area contributed by atoms with Gasteiger partial charge in [0.25, 0.3) is 0 Å². The van der Waals surface area contributed by atoms with E-state index < -0.39 is 6.10 Å². The van der Waals surface area contributed by atoms with Crippen LogP contribution in [-0.4, -0.2) is 29.6 Å². The van der Waals surface area contributed by atoms with Gasteiger partial charge < -0.3 is 20.5 Å². The van der Waals surface area contributed by atoms with Crippen molar-refractivity contribution in [1.29, 1.82) is 0 Å². The van der Waals surface area contributed by atoms with Crippen molar-refractivity contribution >= 4 is 23.2 Å². The third-order valence-corrected chi connectivity index (χ3v) is 4.01. The quantitative estimate of drug-likeness (QED) is 0.719. The summed E-state index contributed by atoms with van der Waals surface area (Å²) >= 11 is 0. The van der Waals surface area contributed by atoms with Crippen LogP contribution in [0.2, 0.25) is 0 Å². The van der Waals surface area contributed by atoms with Crippen molar-refractivity contribution in [2.24, 2.45) is 5.92 Å². The number of amides is 2. The topological polar surface area (TPSA) is 87.7 Å². The van der Waals surface area contributed by atoms with Gasteiger partial charge in [-0.1, -0.05) is 13.0 Å². The van der Waals surface area contributed by atoms with E-state index in [1.165, 1.54) is 0 Å². The second-order valence-corrected chi connectivity index (χ2v) is 5.62. The van der Waals surface area contributed by atoms with Crippen LogP contribution in [-0.2, 0) is 14.3 Å². The van der Waals surface area contributed by atoms with E-state index in [4.69, 9.17) is 4.74 Å². The number of anilines is 2. The van der Waals surface area contributed by atoms with Crippen LogP contribution in [0.15, 0.2) is 18.2 Å². The van der Waals surface area contributed by atoms with E-state index in [9.17, 15) is 14.7 Å². The number of benzene rings is 1. The number of aliphatic hydroxyl groups excluding tert-OH is 1. The monoisotopic (exact) mass is 290 g/mol. The molecule has 0 aromatic heterocycles. The lowest BCUT2D eigenvalue weighted by Crippen LogP contribution is -2.23. The van der Waals surface area contributed by atoms with Crippen molar-refractivity contribution in [3.63, 3.8) is 0 Å². The number of nitrogens with one attached hydrogen (secondary N) is 2. The Bertz CT molecular complexity index is 587. The Hall–Kier alpha value is -1.92. The highest BCUT2D eigenvalue weighted by molar-refractivity contribution is 6.13. The lowest BCUT2D eigenvalue weighted by molar-refractivity contribution is -0.123. The fraction of sp³-hybridized carbons (Fsp3) is 0.467. The summed E-state index contributed by atoms with van der Waals surface area (Å²) in [6.45, 7) is 2.70. The lowest BCUT2D eigenvalue weighted by Gasteiger charge is -2.22. The molecule has 3 unspecified atom stereocenters. The van der Waals surface area contributed by atoms with Crippen molar-refractivity contribution < 1.29 is 19.4 Å². The molecule has 6 heteroatoms. The van der Waals surface area contributed by atoms with Gasteiger partial charge in [-0.25, -0.2) is 0 Å². The second-order valence-electron chi connectivity index (χ2n) is 5.62. The van der Waals surface area contributed by atoms with E-state index in [1.54, 1.807) is 18.2 Å². The molecule has 2 amide bonds. The van der Waals surface area contributed by atoms with Gasteiger partial charge in [0.05, 0.1) is 17.5 Å². The van der Waals surface area contributed by atoms with Gasteiger partial charge in [0.2, 0.25) is 11.8 Å². The minimum Gasteiger partial charge on any atom is -0.386 e. The van der Waals surface area contributed by atoms with Gasteiger partial charge in [0.15, 0.2) is 0 Å². The molecular formula is C15H18N2O4. The van der Waals surface area contributed by atoms with Crippen LogP contribution in [0.3, 0.4) is 0 Å². The summed E-state index contributed by atoms with van der Waals surface area (Å²) in [4.78, 5) is 23.1. The molecule has 21 heavy (non-hydrogen) atoms. The highest BCUT2D eigenvalue weighted by Gasteiger charge is 2.32. The molecule has 1 saturated heterocycles. The number of rotatable bonds is 2. The molecule has 2 aliphatic heterocycles. The summed E-state index contributed by atoms with van der Waals surface area (Å²) in [7, 11) is 0. The minimum atomic E-state index is -0.747. The number of carbonyl (C=O) groups is 2. The predicted octanol–water partition coefficient (Wildman–Crippen LogP) is 1.43. The highest BCUT2D eigenvalue weighted by atomic mass is 16.5. The van der Waals surface area contributed by atoms with Gasteiger partial charge in [0.1, 0.15) is 12.5 Å². The molecule has 0 saturated carbocycles. The maximum Gasteiger partial charge on any atom is 0.233 e. The third kappa shape index (κ3) is 2.77. The highest BCUT2D eigenvalue weighted by Crippen LogP contribution is 2.34.